The van der Waals surface area contributed by atoms with Crippen molar-refractivity contribution in [1.82, 2.24) is 10.3 Å². The van der Waals surface area contributed by atoms with Crippen LogP contribution in [0.2, 0.25) is 0 Å². The third kappa shape index (κ3) is 4.70. The van der Waals surface area contributed by atoms with Gasteiger partial charge in [0.2, 0.25) is 0 Å². The van der Waals surface area contributed by atoms with Gasteiger partial charge in [-0.15, -0.1) is 0 Å². The Morgan fingerprint density at radius 1 is 1.53 bits per heavy atom. The first-order chi connectivity index (χ1) is 9.17. The summed E-state index contributed by atoms with van der Waals surface area (Å²) in [6.45, 7) is 2.01. The van der Waals surface area contributed by atoms with Crippen molar-refractivity contribution in [3.05, 3.63) is 18.3 Å². The van der Waals surface area contributed by atoms with Crippen LogP contribution in [0.25, 0.3) is 0 Å². The van der Waals surface area contributed by atoms with Crippen molar-refractivity contribution in [2.75, 3.05) is 11.9 Å². The van der Waals surface area contributed by atoms with E-state index in [1.54, 1.807) is 25.3 Å². The minimum absolute atomic E-state index is 0.141. The van der Waals surface area contributed by atoms with Gasteiger partial charge in [-0.3, -0.25) is 5.32 Å². The molecule has 0 saturated heterocycles. The summed E-state index contributed by atoms with van der Waals surface area (Å²) >= 11 is 4.94. The number of carbonyl (C=O) groups is 1. The molecule has 0 aromatic carbocycles. The Labute approximate surface area is 116 Å². The van der Waals surface area contributed by atoms with Crippen LogP contribution >= 0.6 is 12.2 Å². The number of ether oxygens (including phenoxy) is 2. The Morgan fingerprint density at radius 2 is 2.32 bits per heavy atom. The Bertz CT molecular complexity index is 460. The maximum Gasteiger partial charge on any atom is 0.413 e. The van der Waals surface area contributed by atoms with E-state index in [9.17, 15) is 4.79 Å². The largest absolute Gasteiger partial charge is 0.489 e. The molecule has 7 heteroatoms. The lowest BCUT2D eigenvalue weighted by atomic mass is 10.4. The monoisotopic (exact) mass is 281 g/mol. The molecule has 2 rings (SSSR count). The highest BCUT2D eigenvalue weighted by Gasteiger charge is 2.23. The summed E-state index contributed by atoms with van der Waals surface area (Å²) in [6, 6.07) is 3.54. The number of aromatic nitrogens is 1. The van der Waals surface area contributed by atoms with Crippen LogP contribution in [0.5, 0.6) is 5.75 Å². The number of amides is 1. The summed E-state index contributed by atoms with van der Waals surface area (Å²) in [4.78, 5) is 15.3. The molecule has 0 spiro atoms. The van der Waals surface area contributed by atoms with Crippen LogP contribution in [-0.2, 0) is 4.74 Å². The molecule has 0 bridgehead atoms. The number of rotatable bonds is 4. The molecular weight excluding hydrogens is 266 g/mol. The van der Waals surface area contributed by atoms with Crippen molar-refractivity contribution in [2.45, 2.75) is 25.9 Å². The number of thiocarbonyl (C=S) groups is 1. The highest BCUT2D eigenvalue weighted by Crippen LogP contribution is 2.26. The molecule has 1 saturated carbocycles. The van der Waals surface area contributed by atoms with Crippen LogP contribution in [0.4, 0.5) is 10.6 Å². The normalized spacial score (nSPS) is 13.5. The van der Waals surface area contributed by atoms with Crippen LogP contribution in [0.15, 0.2) is 18.3 Å². The number of nitrogens with one attached hydrogen (secondary N) is 2. The molecule has 2 N–H and O–H groups in total. The minimum atomic E-state index is -0.589. The molecule has 6 nitrogen and oxygen atoms in total. The third-order valence-corrected chi connectivity index (χ3v) is 2.50. The predicted octanol–water partition coefficient (Wildman–Crippen LogP) is 2.07. The van der Waals surface area contributed by atoms with Gasteiger partial charge in [0.15, 0.2) is 5.11 Å². The maximum atomic E-state index is 11.1. The topological polar surface area (TPSA) is 72.5 Å². The molecular formula is C12H15N3O3S. The summed E-state index contributed by atoms with van der Waals surface area (Å²) in [6.07, 6.45) is 3.58. The summed E-state index contributed by atoms with van der Waals surface area (Å²) in [5.74, 6) is 1.27. The van der Waals surface area contributed by atoms with E-state index >= 15 is 0 Å². The molecule has 1 aliphatic carbocycles. The summed E-state index contributed by atoms with van der Waals surface area (Å²) in [5.41, 5.74) is 0. The van der Waals surface area contributed by atoms with Gasteiger partial charge in [-0.1, -0.05) is 0 Å². The molecule has 1 fully saturated rings. The molecule has 1 amide bonds. The molecule has 1 aliphatic rings. The first-order valence-corrected chi connectivity index (χ1v) is 6.45. The van der Waals surface area contributed by atoms with Crippen LogP contribution < -0.4 is 15.4 Å². The zero-order chi connectivity index (χ0) is 13.7. The number of pyridine rings is 1. The lowest BCUT2D eigenvalue weighted by Gasteiger charge is -2.09. The van der Waals surface area contributed by atoms with E-state index in [4.69, 9.17) is 21.7 Å². The van der Waals surface area contributed by atoms with Crippen molar-refractivity contribution >= 4 is 29.2 Å². The van der Waals surface area contributed by atoms with Crippen LogP contribution in [0.3, 0.4) is 0 Å². The van der Waals surface area contributed by atoms with Crippen LogP contribution in [-0.4, -0.2) is 28.9 Å². The second kappa shape index (κ2) is 6.33. The third-order valence-electron chi connectivity index (χ3n) is 2.30. The van der Waals surface area contributed by atoms with E-state index in [0.29, 0.717) is 18.5 Å². The van der Waals surface area contributed by atoms with Crippen LogP contribution in [0.1, 0.15) is 19.8 Å². The number of alkyl carbamates (subject to hydrolysis) is 1. The van der Waals surface area contributed by atoms with E-state index in [-0.39, 0.29) is 5.11 Å². The van der Waals surface area contributed by atoms with E-state index in [1.807, 2.05) is 0 Å². The van der Waals surface area contributed by atoms with Crippen molar-refractivity contribution < 1.29 is 14.3 Å². The molecule has 0 atom stereocenters. The zero-order valence-electron chi connectivity index (χ0n) is 10.5. The van der Waals surface area contributed by atoms with Gasteiger partial charge < -0.3 is 14.8 Å². The highest BCUT2D eigenvalue weighted by molar-refractivity contribution is 7.80. The van der Waals surface area contributed by atoms with Gasteiger partial charge in [0.25, 0.3) is 0 Å². The van der Waals surface area contributed by atoms with Crippen molar-refractivity contribution in [3.8, 4) is 5.75 Å². The van der Waals surface area contributed by atoms with Gasteiger partial charge in [-0.25, -0.2) is 9.78 Å². The van der Waals surface area contributed by atoms with Gasteiger partial charge in [-0.2, -0.15) is 0 Å². The lowest BCUT2D eigenvalue weighted by Crippen LogP contribution is -2.34. The fourth-order valence-corrected chi connectivity index (χ4v) is 1.50. The second-order valence-electron chi connectivity index (χ2n) is 4.00. The van der Waals surface area contributed by atoms with Gasteiger partial charge in [0.05, 0.1) is 18.9 Å². The Balaban J connectivity index is 1.81. The molecule has 0 aliphatic heterocycles. The number of anilines is 1. The molecule has 19 heavy (non-hydrogen) atoms. The van der Waals surface area contributed by atoms with Crippen LogP contribution in [0, 0.1) is 0 Å². The van der Waals surface area contributed by atoms with Gasteiger partial charge in [0.1, 0.15) is 11.6 Å². The Morgan fingerprint density at radius 3 is 2.89 bits per heavy atom. The summed E-state index contributed by atoms with van der Waals surface area (Å²) in [7, 11) is 0. The van der Waals surface area contributed by atoms with Gasteiger partial charge in [-0.05, 0) is 44.1 Å². The average Bonchev–Trinajstić information content (AvgIpc) is 3.15. The number of carbonyl (C=O) groups excluding carboxylic acids is 1. The zero-order valence-corrected chi connectivity index (χ0v) is 11.3. The lowest BCUT2D eigenvalue weighted by molar-refractivity contribution is 0.158. The van der Waals surface area contributed by atoms with E-state index in [0.717, 1.165) is 18.6 Å². The van der Waals surface area contributed by atoms with Crippen molar-refractivity contribution in [2.24, 2.45) is 0 Å². The first kappa shape index (κ1) is 13.5. The summed E-state index contributed by atoms with van der Waals surface area (Å²) in [5, 5.41) is 5.29. The number of hydrogen-bond donors (Lipinski definition) is 2. The van der Waals surface area contributed by atoms with Crippen molar-refractivity contribution in [3.63, 3.8) is 0 Å². The Hall–Kier alpha value is -1.89. The highest BCUT2D eigenvalue weighted by atomic mass is 32.1. The van der Waals surface area contributed by atoms with E-state index in [2.05, 4.69) is 15.6 Å². The van der Waals surface area contributed by atoms with Gasteiger partial charge in [0, 0.05) is 0 Å². The van der Waals surface area contributed by atoms with Crippen molar-refractivity contribution in [1.29, 1.82) is 0 Å². The number of hydrogen-bond acceptors (Lipinski definition) is 5. The molecule has 102 valence electrons. The fourth-order valence-electron chi connectivity index (χ4n) is 1.31. The minimum Gasteiger partial charge on any atom is -0.489 e. The van der Waals surface area contributed by atoms with E-state index in [1.165, 1.54) is 0 Å². The number of nitrogens with zero attached hydrogens (tertiary/aromatic N) is 1. The second-order valence-corrected chi connectivity index (χ2v) is 4.40. The summed E-state index contributed by atoms with van der Waals surface area (Å²) < 4.78 is 10.3. The molecule has 0 radical (unpaired) electrons. The fraction of sp³-hybridized carbons (Fsp3) is 0.417. The predicted molar refractivity (Wildman–Crippen MR) is 74.3 cm³/mol. The maximum absolute atomic E-state index is 11.1. The average molecular weight is 281 g/mol. The smallest absolute Gasteiger partial charge is 0.413 e. The standard InChI is InChI=1S/C12H15N3O3S/c1-2-17-12(16)15-11(19)14-10-6-5-9(7-13-10)18-8-3-4-8/h5-8H,2-4H2,1H3,(H2,13,14,15,16,19). The van der Waals surface area contributed by atoms with E-state index < -0.39 is 6.09 Å². The first-order valence-electron chi connectivity index (χ1n) is 6.05. The van der Waals surface area contributed by atoms with Gasteiger partial charge >= 0.3 is 6.09 Å². The molecule has 1 aromatic heterocycles. The molecule has 1 heterocycles. The quantitative estimate of drug-likeness (QED) is 0.823. The molecule has 0 unspecified atom stereocenters. The Kier molecular flexibility index (Phi) is 4.51. The molecule has 1 aromatic rings. The SMILES string of the molecule is CCOC(=O)NC(=S)Nc1ccc(OC2CC2)cn1.